The van der Waals surface area contributed by atoms with E-state index in [4.69, 9.17) is 0 Å². The lowest BCUT2D eigenvalue weighted by atomic mass is 9.83. The van der Waals surface area contributed by atoms with Crippen LogP contribution in [0.5, 0.6) is 0 Å². The molecule has 2 fully saturated rings. The summed E-state index contributed by atoms with van der Waals surface area (Å²) in [6.07, 6.45) is 7.97. The monoisotopic (exact) mass is 288 g/mol. The van der Waals surface area contributed by atoms with Crippen molar-refractivity contribution in [2.24, 2.45) is 17.8 Å². The molecule has 0 spiro atoms. The van der Waals surface area contributed by atoms with Crippen molar-refractivity contribution >= 4 is 5.69 Å². The SMILES string of the molecule is CNC(Cc1ccc([N+](=O)[O-])cc1)CC1CC2CCC1C2. The van der Waals surface area contributed by atoms with Gasteiger partial charge in [0.25, 0.3) is 5.69 Å². The number of fused-ring (bicyclic) bond motifs is 2. The van der Waals surface area contributed by atoms with Gasteiger partial charge in [0.1, 0.15) is 0 Å². The van der Waals surface area contributed by atoms with Crippen LogP contribution in [0.25, 0.3) is 0 Å². The molecule has 4 unspecified atom stereocenters. The van der Waals surface area contributed by atoms with E-state index in [0.29, 0.717) is 6.04 Å². The average Bonchev–Trinajstić information content (AvgIpc) is 3.09. The van der Waals surface area contributed by atoms with Crippen LogP contribution < -0.4 is 5.32 Å². The minimum atomic E-state index is -0.339. The molecule has 0 aromatic heterocycles. The summed E-state index contributed by atoms with van der Waals surface area (Å²) >= 11 is 0. The molecule has 0 amide bonds. The molecule has 0 heterocycles. The van der Waals surface area contributed by atoms with Gasteiger partial charge in [0, 0.05) is 18.2 Å². The maximum atomic E-state index is 10.7. The normalized spacial score (nSPS) is 28.7. The fourth-order valence-electron chi connectivity index (χ4n) is 4.37. The second kappa shape index (κ2) is 6.14. The summed E-state index contributed by atoms with van der Waals surface area (Å²) in [5, 5.41) is 14.1. The van der Waals surface area contributed by atoms with Crippen LogP contribution in [0.1, 0.15) is 37.7 Å². The highest BCUT2D eigenvalue weighted by molar-refractivity contribution is 5.33. The van der Waals surface area contributed by atoms with Crippen molar-refractivity contribution < 1.29 is 4.92 Å². The maximum absolute atomic E-state index is 10.7. The lowest BCUT2D eigenvalue weighted by Crippen LogP contribution is -2.31. The lowest BCUT2D eigenvalue weighted by Gasteiger charge is -2.26. The minimum absolute atomic E-state index is 0.174. The first-order valence-electron chi connectivity index (χ1n) is 8.06. The van der Waals surface area contributed by atoms with Gasteiger partial charge in [-0.2, -0.15) is 0 Å². The Morgan fingerprint density at radius 1 is 1.29 bits per heavy atom. The van der Waals surface area contributed by atoms with E-state index >= 15 is 0 Å². The van der Waals surface area contributed by atoms with Gasteiger partial charge in [0.2, 0.25) is 0 Å². The van der Waals surface area contributed by atoms with Crippen molar-refractivity contribution in [1.29, 1.82) is 0 Å². The first-order valence-corrected chi connectivity index (χ1v) is 8.06. The third kappa shape index (κ3) is 3.26. The predicted octanol–water partition coefficient (Wildman–Crippen LogP) is 3.55. The van der Waals surface area contributed by atoms with Gasteiger partial charge in [0.15, 0.2) is 0 Å². The van der Waals surface area contributed by atoms with Gasteiger partial charge in [-0.05, 0) is 62.5 Å². The van der Waals surface area contributed by atoms with Crippen LogP contribution in [0.2, 0.25) is 0 Å². The largest absolute Gasteiger partial charge is 0.317 e. The first kappa shape index (κ1) is 14.5. The molecule has 2 saturated carbocycles. The maximum Gasteiger partial charge on any atom is 0.269 e. The van der Waals surface area contributed by atoms with E-state index in [0.717, 1.165) is 24.2 Å². The Morgan fingerprint density at radius 3 is 2.57 bits per heavy atom. The number of hydrogen-bond donors (Lipinski definition) is 1. The number of benzene rings is 1. The predicted molar refractivity (Wildman–Crippen MR) is 83.2 cm³/mol. The molecule has 21 heavy (non-hydrogen) atoms. The van der Waals surface area contributed by atoms with Crippen LogP contribution in [0, 0.1) is 27.9 Å². The number of likely N-dealkylation sites (N-methyl/N-ethyl adjacent to an activating group) is 1. The fourth-order valence-corrected chi connectivity index (χ4v) is 4.37. The number of nitro groups is 1. The summed E-state index contributed by atoms with van der Waals surface area (Å²) in [5.41, 5.74) is 1.36. The van der Waals surface area contributed by atoms with Gasteiger partial charge >= 0.3 is 0 Å². The third-order valence-electron chi connectivity index (χ3n) is 5.51. The van der Waals surface area contributed by atoms with Crippen molar-refractivity contribution in [3.05, 3.63) is 39.9 Å². The van der Waals surface area contributed by atoms with Gasteiger partial charge in [0.05, 0.1) is 4.92 Å². The van der Waals surface area contributed by atoms with Gasteiger partial charge in [-0.15, -0.1) is 0 Å². The van der Waals surface area contributed by atoms with Gasteiger partial charge in [-0.3, -0.25) is 10.1 Å². The molecule has 4 atom stereocenters. The molecule has 0 radical (unpaired) electrons. The van der Waals surface area contributed by atoms with Crippen LogP contribution in [0.3, 0.4) is 0 Å². The Kier molecular flexibility index (Phi) is 4.24. The lowest BCUT2D eigenvalue weighted by molar-refractivity contribution is -0.384. The Morgan fingerprint density at radius 2 is 2.05 bits per heavy atom. The number of nitrogens with one attached hydrogen (secondary N) is 1. The highest BCUT2D eigenvalue weighted by Crippen LogP contribution is 2.49. The summed E-state index contributed by atoms with van der Waals surface area (Å²) in [7, 11) is 2.03. The molecular formula is C17H24N2O2. The van der Waals surface area contributed by atoms with Crippen molar-refractivity contribution in [2.75, 3.05) is 7.05 Å². The summed E-state index contributed by atoms with van der Waals surface area (Å²) in [6.45, 7) is 0. The Balaban J connectivity index is 1.57. The van der Waals surface area contributed by atoms with Crippen molar-refractivity contribution in [1.82, 2.24) is 5.32 Å². The van der Waals surface area contributed by atoms with E-state index in [1.165, 1.54) is 37.7 Å². The van der Waals surface area contributed by atoms with E-state index in [1.807, 2.05) is 19.2 Å². The van der Waals surface area contributed by atoms with Gasteiger partial charge < -0.3 is 5.32 Å². The van der Waals surface area contributed by atoms with Crippen molar-refractivity contribution in [3.63, 3.8) is 0 Å². The topological polar surface area (TPSA) is 55.2 Å². The van der Waals surface area contributed by atoms with Gasteiger partial charge in [-0.25, -0.2) is 0 Å². The van der Waals surface area contributed by atoms with E-state index in [-0.39, 0.29) is 10.6 Å². The molecule has 0 aliphatic heterocycles. The Bertz CT molecular complexity index is 500. The van der Waals surface area contributed by atoms with E-state index in [1.54, 1.807) is 12.1 Å². The average molecular weight is 288 g/mol. The second-order valence-corrected chi connectivity index (χ2v) is 6.78. The standard InChI is InChI=1S/C17H24N2O2/c1-18-16(11-15-9-13-2-5-14(15)8-13)10-12-3-6-17(7-4-12)19(20)21/h3-4,6-7,13-16,18H,2,5,8-11H2,1H3. The molecule has 2 aliphatic rings. The van der Waals surface area contributed by atoms with Crippen molar-refractivity contribution in [3.8, 4) is 0 Å². The molecule has 1 N–H and O–H groups in total. The number of non-ortho nitro benzene ring substituents is 1. The zero-order valence-corrected chi connectivity index (χ0v) is 12.6. The summed E-state index contributed by atoms with van der Waals surface area (Å²) < 4.78 is 0. The smallest absolute Gasteiger partial charge is 0.269 e. The fraction of sp³-hybridized carbons (Fsp3) is 0.647. The number of hydrogen-bond acceptors (Lipinski definition) is 3. The highest BCUT2D eigenvalue weighted by atomic mass is 16.6. The van der Waals surface area contributed by atoms with Crippen molar-refractivity contribution in [2.45, 2.75) is 44.6 Å². The second-order valence-electron chi connectivity index (χ2n) is 6.78. The Labute approximate surface area is 126 Å². The molecule has 1 aromatic rings. The molecular weight excluding hydrogens is 264 g/mol. The van der Waals surface area contributed by atoms with E-state index in [2.05, 4.69) is 5.32 Å². The van der Waals surface area contributed by atoms with Crippen LogP contribution in [-0.2, 0) is 6.42 Å². The zero-order valence-electron chi connectivity index (χ0n) is 12.6. The zero-order chi connectivity index (χ0) is 14.8. The summed E-state index contributed by atoms with van der Waals surface area (Å²) in [5.74, 6) is 2.85. The van der Waals surface area contributed by atoms with E-state index in [9.17, 15) is 10.1 Å². The third-order valence-corrected chi connectivity index (χ3v) is 5.51. The van der Waals surface area contributed by atoms with Crippen LogP contribution in [-0.4, -0.2) is 18.0 Å². The molecule has 2 aliphatic carbocycles. The van der Waals surface area contributed by atoms with Crippen LogP contribution in [0.4, 0.5) is 5.69 Å². The minimum Gasteiger partial charge on any atom is -0.317 e. The number of nitrogens with zero attached hydrogens (tertiary/aromatic N) is 1. The summed E-state index contributed by atoms with van der Waals surface area (Å²) in [6, 6.07) is 7.49. The summed E-state index contributed by atoms with van der Waals surface area (Å²) in [4.78, 5) is 10.3. The number of rotatable bonds is 6. The van der Waals surface area contributed by atoms with Crippen LogP contribution in [0.15, 0.2) is 24.3 Å². The highest BCUT2D eigenvalue weighted by Gasteiger charge is 2.39. The molecule has 4 nitrogen and oxygen atoms in total. The first-order chi connectivity index (χ1) is 10.2. The molecule has 2 bridgehead atoms. The molecule has 1 aromatic carbocycles. The van der Waals surface area contributed by atoms with Gasteiger partial charge in [-0.1, -0.05) is 18.6 Å². The molecule has 0 saturated heterocycles. The molecule has 114 valence electrons. The van der Waals surface area contributed by atoms with E-state index < -0.39 is 0 Å². The quantitative estimate of drug-likeness (QED) is 0.643. The molecule has 4 heteroatoms. The number of nitro benzene ring substituents is 1. The molecule has 3 rings (SSSR count). The Hall–Kier alpha value is -1.42. The van der Waals surface area contributed by atoms with Crippen LogP contribution >= 0.6 is 0 Å².